The summed E-state index contributed by atoms with van der Waals surface area (Å²) in [6.45, 7) is 8.30. The quantitative estimate of drug-likeness (QED) is 0.911. The Hall–Kier alpha value is -1.78. The van der Waals surface area contributed by atoms with Crippen molar-refractivity contribution in [2.45, 2.75) is 52.6 Å². The average Bonchev–Trinajstić information content (AvgIpc) is 3.06. The second-order valence-electron chi connectivity index (χ2n) is 6.07. The van der Waals surface area contributed by atoms with E-state index in [1.54, 1.807) is 0 Å². The number of nitrogens with zero attached hydrogens (tertiary/aromatic N) is 4. The second-order valence-corrected chi connectivity index (χ2v) is 6.07. The van der Waals surface area contributed by atoms with Crippen molar-refractivity contribution < 1.29 is 0 Å². The molecule has 20 heavy (non-hydrogen) atoms. The van der Waals surface area contributed by atoms with Crippen LogP contribution in [0.15, 0.2) is 12.4 Å². The van der Waals surface area contributed by atoms with Crippen molar-refractivity contribution in [3.05, 3.63) is 18.2 Å². The summed E-state index contributed by atoms with van der Waals surface area (Å²) in [6, 6.07) is 0. The van der Waals surface area contributed by atoms with Crippen LogP contribution in [0.2, 0.25) is 0 Å². The van der Waals surface area contributed by atoms with Gasteiger partial charge in [0.1, 0.15) is 17.3 Å². The smallest absolute Gasteiger partial charge is 0.131 e. The SMILES string of the molecule is CCn1cc(-c2nc(C3CC3)n(CC(C)C)c2N)cn1. The van der Waals surface area contributed by atoms with E-state index in [4.69, 9.17) is 10.7 Å². The van der Waals surface area contributed by atoms with Crippen LogP contribution in [-0.2, 0) is 13.1 Å². The molecule has 108 valence electrons. The van der Waals surface area contributed by atoms with Gasteiger partial charge in [0.05, 0.1) is 6.20 Å². The third kappa shape index (κ3) is 2.32. The van der Waals surface area contributed by atoms with Gasteiger partial charge in [-0.15, -0.1) is 0 Å². The number of rotatable bonds is 5. The molecule has 0 saturated heterocycles. The van der Waals surface area contributed by atoms with Crippen molar-refractivity contribution in [2.75, 3.05) is 5.73 Å². The maximum Gasteiger partial charge on any atom is 0.131 e. The number of aryl methyl sites for hydroxylation is 1. The van der Waals surface area contributed by atoms with Crippen LogP contribution < -0.4 is 5.73 Å². The molecule has 0 spiro atoms. The first kappa shape index (κ1) is 13.2. The molecular formula is C15H23N5. The molecule has 1 aliphatic carbocycles. The van der Waals surface area contributed by atoms with Gasteiger partial charge in [0.2, 0.25) is 0 Å². The Morgan fingerprint density at radius 1 is 1.40 bits per heavy atom. The zero-order chi connectivity index (χ0) is 14.3. The van der Waals surface area contributed by atoms with E-state index in [1.165, 1.54) is 12.8 Å². The van der Waals surface area contributed by atoms with Crippen LogP contribution in [0.25, 0.3) is 11.3 Å². The second kappa shape index (κ2) is 4.96. The van der Waals surface area contributed by atoms with Crippen molar-refractivity contribution >= 4 is 5.82 Å². The minimum absolute atomic E-state index is 0.565. The highest BCUT2D eigenvalue weighted by Crippen LogP contribution is 2.42. The number of anilines is 1. The molecule has 1 fully saturated rings. The van der Waals surface area contributed by atoms with Gasteiger partial charge in [-0.05, 0) is 25.7 Å². The third-order valence-electron chi connectivity index (χ3n) is 3.76. The maximum absolute atomic E-state index is 6.36. The summed E-state index contributed by atoms with van der Waals surface area (Å²) in [5.41, 5.74) is 8.28. The van der Waals surface area contributed by atoms with E-state index in [1.807, 2.05) is 17.1 Å². The molecule has 1 saturated carbocycles. The van der Waals surface area contributed by atoms with Crippen LogP contribution in [0.5, 0.6) is 0 Å². The minimum Gasteiger partial charge on any atom is -0.383 e. The maximum atomic E-state index is 6.36. The first-order valence-corrected chi connectivity index (χ1v) is 7.48. The molecule has 1 aliphatic rings. The van der Waals surface area contributed by atoms with Gasteiger partial charge in [-0.1, -0.05) is 13.8 Å². The molecule has 0 unspecified atom stereocenters. The zero-order valence-corrected chi connectivity index (χ0v) is 12.5. The topological polar surface area (TPSA) is 61.7 Å². The Bertz CT molecular complexity index is 604. The van der Waals surface area contributed by atoms with Gasteiger partial charge in [-0.2, -0.15) is 5.10 Å². The summed E-state index contributed by atoms with van der Waals surface area (Å²) < 4.78 is 4.12. The van der Waals surface area contributed by atoms with E-state index in [2.05, 4.69) is 30.4 Å². The Labute approximate surface area is 119 Å². The van der Waals surface area contributed by atoms with E-state index in [9.17, 15) is 0 Å². The summed E-state index contributed by atoms with van der Waals surface area (Å²) in [6.07, 6.45) is 6.36. The number of hydrogen-bond acceptors (Lipinski definition) is 3. The minimum atomic E-state index is 0.565. The molecule has 0 atom stereocenters. The molecule has 5 heteroatoms. The molecule has 0 bridgehead atoms. The van der Waals surface area contributed by atoms with Crippen molar-refractivity contribution in [3.8, 4) is 11.3 Å². The Kier molecular flexibility index (Phi) is 3.28. The highest BCUT2D eigenvalue weighted by molar-refractivity contribution is 5.70. The van der Waals surface area contributed by atoms with E-state index >= 15 is 0 Å². The summed E-state index contributed by atoms with van der Waals surface area (Å²) in [4.78, 5) is 4.83. The van der Waals surface area contributed by atoms with E-state index in [0.717, 1.165) is 36.0 Å². The highest BCUT2D eigenvalue weighted by Gasteiger charge is 2.31. The van der Waals surface area contributed by atoms with Crippen LogP contribution in [0, 0.1) is 5.92 Å². The van der Waals surface area contributed by atoms with Crippen molar-refractivity contribution in [2.24, 2.45) is 5.92 Å². The fourth-order valence-corrected chi connectivity index (χ4v) is 2.56. The first-order valence-electron chi connectivity index (χ1n) is 7.48. The van der Waals surface area contributed by atoms with Gasteiger partial charge in [-0.3, -0.25) is 4.68 Å². The fraction of sp³-hybridized carbons (Fsp3) is 0.600. The molecule has 5 nitrogen and oxygen atoms in total. The number of nitrogen functional groups attached to an aromatic ring is 1. The van der Waals surface area contributed by atoms with Gasteiger partial charge in [0, 0.05) is 30.8 Å². The van der Waals surface area contributed by atoms with Gasteiger partial charge in [0.25, 0.3) is 0 Å². The van der Waals surface area contributed by atoms with Crippen molar-refractivity contribution in [1.82, 2.24) is 19.3 Å². The van der Waals surface area contributed by atoms with Gasteiger partial charge in [0.15, 0.2) is 0 Å². The normalized spacial score (nSPS) is 15.2. The van der Waals surface area contributed by atoms with Gasteiger partial charge in [-0.25, -0.2) is 4.98 Å². The first-order chi connectivity index (χ1) is 9.60. The monoisotopic (exact) mass is 273 g/mol. The molecule has 0 aliphatic heterocycles. The predicted octanol–water partition coefficient (Wildman–Crippen LogP) is 2.88. The predicted molar refractivity (Wildman–Crippen MR) is 80.3 cm³/mol. The lowest BCUT2D eigenvalue weighted by Gasteiger charge is -2.11. The Balaban J connectivity index is 2.02. The number of hydrogen-bond donors (Lipinski definition) is 1. The molecule has 2 aromatic heterocycles. The largest absolute Gasteiger partial charge is 0.383 e. The zero-order valence-electron chi connectivity index (χ0n) is 12.5. The molecule has 0 aromatic carbocycles. The summed E-state index contributed by atoms with van der Waals surface area (Å²) in [5.74, 6) is 3.12. The summed E-state index contributed by atoms with van der Waals surface area (Å²) >= 11 is 0. The third-order valence-corrected chi connectivity index (χ3v) is 3.76. The van der Waals surface area contributed by atoms with Crippen LogP contribution in [0.1, 0.15) is 45.4 Å². The highest BCUT2D eigenvalue weighted by atomic mass is 15.3. The lowest BCUT2D eigenvalue weighted by atomic mass is 10.2. The standard InChI is InChI=1S/C15H23N5/c1-4-19-9-12(7-17-19)13-14(16)20(8-10(2)3)15(18-13)11-5-6-11/h7,9-11H,4-6,8,16H2,1-3H3. The average molecular weight is 273 g/mol. The molecular weight excluding hydrogens is 250 g/mol. The van der Waals surface area contributed by atoms with Gasteiger partial charge < -0.3 is 10.3 Å². The molecule has 0 amide bonds. The van der Waals surface area contributed by atoms with Gasteiger partial charge >= 0.3 is 0 Å². The van der Waals surface area contributed by atoms with E-state index in [-0.39, 0.29) is 0 Å². The van der Waals surface area contributed by atoms with E-state index in [0.29, 0.717) is 11.8 Å². The summed E-state index contributed by atoms with van der Waals surface area (Å²) in [7, 11) is 0. The summed E-state index contributed by atoms with van der Waals surface area (Å²) in [5, 5.41) is 4.32. The Morgan fingerprint density at radius 2 is 2.15 bits per heavy atom. The molecule has 2 heterocycles. The van der Waals surface area contributed by atoms with Crippen LogP contribution in [-0.4, -0.2) is 19.3 Å². The van der Waals surface area contributed by atoms with Crippen molar-refractivity contribution in [3.63, 3.8) is 0 Å². The molecule has 2 aromatic rings. The molecule has 3 rings (SSSR count). The lowest BCUT2D eigenvalue weighted by Crippen LogP contribution is -2.10. The van der Waals surface area contributed by atoms with Crippen molar-refractivity contribution in [1.29, 1.82) is 0 Å². The van der Waals surface area contributed by atoms with E-state index < -0.39 is 0 Å². The number of imidazole rings is 1. The van der Waals surface area contributed by atoms with Crippen LogP contribution in [0.4, 0.5) is 5.82 Å². The molecule has 2 N–H and O–H groups in total. The Morgan fingerprint density at radius 3 is 2.70 bits per heavy atom. The van der Waals surface area contributed by atoms with Crippen LogP contribution in [0.3, 0.4) is 0 Å². The van der Waals surface area contributed by atoms with Crippen LogP contribution >= 0.6 is 0 Å². The molecule has 0 radical (unpaired) electrons. The number of nitrogens with two attached hydrogens (primary N) is 1. The number of aromatic nitrogens is 4. The lowest BCUT2D eigenvalue weighted by molar-refractivity contribution is 0.512. The fourth-order valence-electron chi connectivity index (χ4n) is 2.56.